The molecule has 0 radical (unpaired) electrons. The fraction of sp³-hybridized carbons (Fsp3) is 0.467. The molecule has 21 heavy (non-hydrogen) atoms. The van der Waals surface area contributed by atoms with Crippen LogP contribution in [0.15, 0.2) is 22.7 Å². The van der Waals surface area contributed by atoms with Crippen LogP contribution in [0.4, 0.5) is 0 Å². The van der Waals surface area contributed by atoms with E-state index in [2.05, 4.69) is 4.74 Å². The number of cyclic esters (lactones) is 2. The molecule has 6 nitrogen and oxygen atoms in total. The molecule has 6 heteroatoms. The highest BCUT2D eigenvalue weighted by molar-refractivity contribution is 6.12. The first-order valence-electron chi connectivity index (χ1n) is 6.71. The molecule has 0 spiro atoms. The normalized spacial score (nSPS) is 31.6. The van der Waals surface area contributed by atoms with Gasteiger partial charge in [0.15, 0.2) is 23.4 Å². The average molecular weight is 288 g/mol. The van der Waals surface area contributed by atoms with Gasteiger partial charge in [-0.1, -0.05) is 6.92 Å². The molecule has 1 saturated heterocycles. The highest BCUT2D eigenvalue weighted by Crippen LogP contribution is 2.46. The van der Waals surface area contributed by atoms with E-state index in [0.717, 1.165) is 0 Å². The van der Waals surface area contributed by atoms with Gasteiger partial charge in [-0.05, 0) is 24.7 Å². The van der Waals surface area contributed by atoms with E-state index >= 15 is 0 Å². The number of hydrogen-bond donors (Lipinski definition) is 0. The lowest BCUT2D eigenvalue weighted by Crippen LogP contribution is -2.25. The summed E-state index contributed by atoms with van der Waals surface area (Å²) < 4.78 is 9.76. The van der Waals surface area contributed by atoms with Crippen molar-refractivity contribution in [1.29, 1.82) is 0 Å². The van der Waals surface area contributed by atoms with E-state index < -0.39 is 11.9 Å². The monoisotopic (exact) mass is 288 g/mol. The van der Waals surface area contributed by atoms with Crippen molar-refractivity contribution >= 4 is 23.8 Å². The SMILES string of the molecule is CC1CC(C2CC(=C=O)OC2=C=O)CC2=C1C(=O)OC2=O. The Kier molecular flexibility index (Phi) is 3.13. The summed E-state index contributed by atoms with van der Waals surface area (Å²) in [5.74, 6) is 1.85. The third-order valence-corrected chi connectivity index (χ3v) is 4.35. The summed E-state index contributed by atoms with van der Waals surface area (Å²) in [7, 11) is 0. The molecule has 1 fully saturated rings. The lowest BCUT2D eigenvalue weighted by atomic mass is 9.72. The van der Waals surface area contributed by atoms with Gasteiger partial charge >= 0.3 is 11.9 Å². The largest absolute Gasteiger partial charge is 0.443 e. The Bertz CT molecular complexity index is 672. The van der Waals surface area contributed by atoms with E-state index in [9.17, 15) is 19.2 Å². The van der Waals surface area contributed by atoms with Gasteiger partial charge in [-0.2, -0.15) is 0 Å². The maximum atomic E-state index is 11.7. The van der Waals surface area contributed by atoms with Crippen LogP contribution in [0.5, 0.6) is 0 Å². The van der Waals surface area contributed by atoms with Crippen molar-refractivity contribution in [1.82, 2.24) is 0 Å². The van der Waals surface area contributed by atoms with E-state index in [4.69, 9.17) is 4.74 Å². The minimum absolute atomic E-state index is 0.0699. The first kappa shape index (κ1) is 13.6. The number of rotatable bonds is 1. The maximum Gasteiger partial charge on any atom is 0.342 e. The number of allylic oxidation sites excluding steroid dienone is 2. The molecule has 0 aromatic rings. The zero-order valence-electron chi connectivity index (χ0n) is 11.3. The van der Waals surface area contributed by atoms with Gasteiger partial charge in [0.05, 0.1) is 5.57 Å². The number of ether oxygens (including phenoxy) is 2. The minimum atomic E-state index is -0.603. The molecule has 3 unspecified atom stereocenters. The van der Waals surface area contributed by atoms with Gasteiger partial charge in [-0.25, -0.2) is 19.2 Å². The first-order chi connectivity index (χ1) is 10.0. The third kappa shape index (κ3) is 2.05. The lowest BCUT2D eigenvalue weighted by Gasteiger charge is -2.29. The van der Waals surface area contributed by atoms with Crippen molar-refractivity contribution in [2.45, 2.75) is 26.2 Å². The van der Waals surface area contributed by atoms with E-state index in [1.165, 1.54) is 0 Å². The molecule has 108 valence electrons. The quantitative estimate of drug-likeness (QED) is 0.404. The van der Waals surface area contributed by atoms with Crippen molar-refractivity contribution in [3.05, 3.63) is 22.7 Å². The van der Waals surface area contributed by atoms with Gasteiger partial charge in [0, 0.05) is 17.9 Å². The fourth-order valence-corrected chi connectivity index (χ4v) is 3.43. The molecule has 3 atom stereocenters. The molecule has 0 N–H and O–H groups in total. The second-order valence-corrected chi connectivity index (χ2v) is 5.57. The molecular formula is C15H12O6. The fourth-order valence-electron chi connectivity index (χ4n) is 3.43. The van der Waals surface area contributed by atoms with E-state index in [0.29, 0.717) is 24.0 Å². The van der Waals surface area contributed by atoms with Crippen molar-refractivity contribution in [2.75, 3.05) is 0 Å². The molecule has 3 rings (SSSR count). The van der Waals surface area contributed by atoms with Crippen LogP contribution in [-0.4, -0.2) is 23.8 Å². The predicted octanol–water partition coefficient (Wildman–Crippen LogP) is 0.880. The molecule has 0 amide bonds. The van der Waals surface area contributed by atoms with Gasteiger partial charge in [0.1, 0.15) is 0 Å². The Morgan fingerprint density at radius 3 is 2.48 bits per heavy atom. The van der Waals surface area contributed by atoms with Crippen LogP contribution in [0.25, 0.3) is 0 Å². The van der Waals surface area contributed by atoms with Crippen molar-refractivity contribution in [3.63, 3.8) is 0 Å². The predicted molar refractivity (Wildman–Crippen MR) is 67.6 cm³/mol. The second-order valence-electron chi connectivity index (χ2n) is 5.57. The Labute approximate surface area is 120 Å². The number of carbonyl (C=O) groups excluding carboxylic acids is 4. The van der Waals surface area contributed by atoms with Crippen molar-refractivity contribution in [2.24, 2.45) is 17.8 Å². The summed E-state index contributed by atoms with van der Waals surface area (Å²) in [5, 5.41) is 0. The van der Waals surface area contributed by atoms with E-state index in [1.54, 1.807) is 11.9 Å². The molecule has 0 bridgehead atoms. The summed E-state index contributed by atoms with van der Waals surface area (Å²) in [6.45, 7) is 1.85. The number of hydrogen-bond acceptors (Lipinski definition) is 6. The van der Waals surface area contributed by atoms with Crippen molar-refractivity contribution in [3.8, 4) is 0 Å². The molecular weight excluding hydrogens is 276 g/mol. The van der Waals surface area contributed by atoms with Gasteiger partial charge < -0.3 is 9.47 Å². The summed E-state index contributed by atoms with van der Waals surface area (Å²) in [6, 6.07) is 0. The van der Waals surface area contributed by atoms with Crippen LogP contribution in [0.2, 0.25) is 0 Å². The van der Waals surface area contributed by atoms with Gasteiger partial charge in [-0.15, -0.1) is 0 Å². The standard InChI is InChI=1S/C15H12O6/c1-7-2-8(3-11-13(7)15(19)21-14(11)18)10-4-9(5-16)20-12(10)6-17/h7-8,10H,2-4H2,1H3. The topological polar surface area (TPSA) is 86.7 Å². The van der Waals surface area contributed by atoms with Crippen LogP contribution in [-0.2, 0) is 28.7 Å². The van der Waals surface area contributed by atoms with Crippen LogP contribution >= 0.6 is 0 Å². The molecule has 3 aliphatic rings. The molecule has 0 aromatic carbocycles. The zero-order valence-corrected chi connectivity index (χ0v) is 11.3. The van der Waals surface area contributed by atoms with Crippen LogP contribution < -0.4 is 0 Å². The van der Waals surface area contributed by atoms with Crippen molar-refractivity contribution < 1.29 is 28.7 Å². The third-order valence-electron chi connectivity index (χ3n) is 4.35. The average Bonchev–Trinajstić information content (AvgIpc) is 3.00. The maximum absolute atomic E-state index is 11.7. The lowest BCUT2D eigenvalue weighted by molar-refractivity contribution is -0.151. The summed E-state index contributed by atoms with van der Waals surface area (Å²) in [4.78, 5) is 45.0. The van der Waals surface area contributed by atoms with Crippen LogP contribution in [0.3, 0.4) is 0 Å². The minimum Gasteiger partial charge on any atom is -0.443 e. The van der Waals surface area contributed by atoms with Gasteiger partial charge in [-0.3, -0.25) is 0 Å². The molecule has 0 aromatic heterocycles. The molecule has 2 aliphatic heterocycles. The van der Waals surface area contributed by atoms with Crippen LogP contribution in [0.1, 0.15) is 26.2 Å². The van der Waals surface area contributed by atoms with Gasteiger partial charge in [0.25, 0.3) is 0 Å². The first-order valence-corrected chi connectivity index (χ1v) is 6.71. The smallest absolute Gasteiger partial charge is 0.342 e. The molecule has 1 aliphatic carbocycles. The Hall–Kier alpha value is -2.42. The Morgan fingerprint density at radius 2 is 1.81 bits per heavy atom. The summed E-state index contributed by atoms with van der Waals surface area (Å²) >= 11 is 0. The molecule has 0 saturated carbocycles. The van der Waals surface area contributed by atoms with E-state index in [1.807, 2.05) is 6.92 Å². The highest BCUT2D eigenvalue weighted by atomic mass is 16.6. The van der Waals surface area contributed by atoms with Crippen LogP contribution in [0, 0.1) is 17.8 Å². The highest BCUT2D eigenvalue weighted by Gasteiger charge is 2.45. The Morgan fingerprint density at radius 1 is 1.05 bits per heavy atom. The second kappa shape index (κ2) is 4.85. The van der Waals surface area contributed by atoms with Gasteiger partial charge in [0.2, 0.25) is 0 Å². The number of esters is 2. The number of carbonyl (C=O) groups is 2. The summed E-state index contributed by atoms with van der Waals surface area (Å²) in [6.07, 6.45) is 1.24. The summed E-state index contributed by atoms with van der Waals surface area (Å²) in [5.41, 5.74) is 0.829. The van der Waals surface area contributed by atoms with E-state index in [-0.39, 0.29) is 35.7 Å². The Balaban J connectivity index is 1.91. The zero-order chi connectivity index (χ0) is 15.1. The molecule has 2 heterocycles.